The minimum Gasteiger partial charge on any atom is -0.422 e. The van der Waals surface area contributed by atoms with E-state index in [0.717, 1.165) is 11.1 Å². The topological polar surface area (TPSA) is 42.2 Å². The van der Waals surface area contributed by atoms with Crippen molar-refractivity contribution in [3.05, 3.63) is 46.3 Å². The molecule has 0 spiro atoms. The summed E-state index contributed by atoms with van der Waals surface area (Å²) in [5.41, 5.74) is 1.80. The van der Waals surface area contributed by atoms with Gasteiger partial charge in [-0.3, -0.25) is 0 Å². The van der Waals surface area contributed by atoms with Crippen molar-refractivity contribution in [1.82, 2.24) is 0 Å². The van der Waals surface area contributed by atoms with Crippen LogP contribution in [0.15, 0.2) is 39.6 Å². The molecule has 0 unspecified atom stereocenters. The van der Waals surface area contributed by atoms with Crippen LogP contribution < -0.4 is 10.9 Å². The van der Waals surface area contributed by atoms with Crippen LogP contribution in [0.25, 0.3) is 17.0 Å². The Hall–Kier alpha value is -2.03. The molecule has 0 amide bonds. The Kier molecular flexibility index (Phi) is 2.77. The normalized spacial score (nSPS) is 11.1. The lowest BCUT2D eigenvalue weighted by Crippen LogP contribution is -2.02. The van der Waals surface area contributed by atoms with Crippen molar-refractivity contribution in [3.63, 3.8) is 0 Å². The molecule has 0 bridgehead atoms. The fourth-order valence-corrected chi connectivity index (χ4v) is 1.58. The number of hydrogen-bond acceptors (Lipinski definition) is 3. The van der Waals surface area contributed by atoms with Gasteiger partial charge in [-0.05, 0) is 25.1 Å². The highest BCUT2D eigenvalue weighted by Crippen LogP contribution is 2.18. The van der Waals surface area contributed by atoms with E-state index in [1.165, 1.54) is 0 Å². The largest absolute Gasteiger partial charge is 0.422 e. The van der Waals surface area contributed by atoms with Gasteiger partial charge in [-0.15, -0.1) is 0 Å². The summed E-state index contributed by atoms with van der Waals surface area (Å²) in [6.45, 7) is 1.87. The van der Waals surface area contributed by atoms with E-state index in [4.69, 9.17) is 4.42 Å². The summed E-state index contributed by atoms with van der Waals surface area (Å²) in [4.78, 5) is 11.6. The van der Waals surface area contributed by atoms with E-state index in [0.29, 0.717) is 11.1 Å². The maximum atomic E-state index is 11.6. The van der Waals surface area contributed by atoms with Crippen molar-refractivity contribution >= 4 is 22.7 Å². The predicted molar refractivity (Wildman–Crippen MR) is 66.7 cm³/mol. The molecule has 2 rings (SSSR count). The summed E-state index contributed by atoms with van der Waals surface area (Å²) in [6.07, 6.45) is 3.57. The minimum atomic E-state index is -0.307. The molecule has 0 atom stereocenters. The van der Waals surface area contributed by atoms with Crippen LogP contribution in [0.2, 0.25) is 0 Å². The zero-order valence-corrected chi connectivity index (χ0v) is 9.28. The molecule has 1 N–H and O–H groups in total. The standard InChI is InChI=1S/C13H13NO2/c1-3-4-10-7-9-5-6-11(14-2)8-12(9)16-13(10)15/h3-8,14H,1-2H3/b4-3+. The van der Waals surface area contributed by atoms with Gasteiger partial charge in [-0.25, -0.2) is 4.79 Å². The monoisotopic (exact) mass is 215 g/mol. The molecule has 2 aromatic rings. The van der Waals surface area contributed by atoms with Gasteiger partial charge >= 0.3 is 5.63 Å². The van der Waals surface area contributed by atoms with Gasteiger partial charge in [0.15, 0.2) is 0 Å². The molecule has 1 heterocycles. The lowest BCUT2D eigenvalue weighted by molar-refractivity contribution is 0.559. The molecule has 0 saturated carbocycles. The van der Waals surface area contributed by atoms with E-state index < -0.39 is 0 Å². The van der Waals surface area contributed by atoms with Crippen molar-refractivity contribution in [2.45, 2.75) is 6.92 Å². The molecule has 3 nitrogen and oxygen atoms in total. The van der Waals surface area contributed by atoms with Gasteiger partial charge in [0.2, 0.25) is 0 Å². The maximum Gasteiger partial charge on any atom is 0.343 e. The summed E-state index contributed by atoms with van der Waals surface area (Å²) in [5, 5.41) is 3.93. The van der Waals surface area contributed by atoms with Crippen LogP contribution in [0.1, 0.15) is 12.5 Å². The van der Waals surface area contributed by atoms with Gasteiger partial charge in [0.1, 0.15) is 5.58 Å². The number of rotatable bonds is 2. The Bertz CT molecular complexity index is 596. The highest BCUT2D eigenvalue weighted by Gasteiger charge is 2.02. The van der Waals surface area contributed by atoms with E-state index in [1.54, 1.807) is 6.08 Å². The van der Waals surface area contributed by atoms with Crippen molar-refractivity contribution in [1.29, 1.82) is 0 Å². The lowest BCUT2D eigenvalue weighted by Gasteiger charge is -2.02. The molecule has 3 heteroatoms. The first-order valence-electron chi connectivity index (χ1n) is 5.13. The van der Waals surface area contributed by atoms with E-state index >= 15 is 0 Å². The smallest absolute Gasteiger partial charge is 0.343 e. The number of benzene rings is 1. The predicted octanol–water partition coefficient (Wildman–Crippen LogP) is 2.87. The molecule has 1 aromatic heterocycles. The fraction of sp³-hybridized carbons (Fsp3) is 0.154. The first kappa shape index (κ1) is 10.5. The molecular formula is C13H13NO2. The molecule has 0 radical (unpaired) electrons. The third kappa shape index (κ3) is 1.84. The van der Waals surface area contributed by atoms with Gasteiger partial charge in [0, 0.05) is 24.2 Å². The highest BCUT2D eigenvalue weighted by atomic mass is 16.4. The van der Waals surface area contributed by atoms with Gasteiger partial charge in [0.05, 0.1) is 5.56 Å². The van der Waals surface area contributed by atoms with Crippen LogP contribution in [-0.4, -0.2) is 7.05 Å². The Balaban J connectivity index is 2.68. The second-order valence-electron chi connectivity index (χ2n) is 3.49. The summed E-state index contributed by atoms with van der Waals surface area (Å²) >= 11 is 0. The molecule has 82 valence electrons. The van der Waals surface area contributed by atoms with Gasteiger partial charge in [-0.1, -0.05) is 12.2 Å². The van der Waals surface area contributed by atoms with E-state index in [1.807, 2.05) is 44.3 Å². The second kappa shape index (κ2) is 4.23. The van der Waals surface area contributed by atoms with Crippen LogP contribution in [0.4, 0.5) is 5.69 Å². The molecule has 0 fully saturated rings. The Morgan fingerprint density at radius 1 is 1.31 bits per heavy atom. The summed E-state index contributed by atoms with van der Waals surface area (Å²) in [7, 11) is 1.83. The first-order chi connectivity index (χ1) is 7.74. The van der Waals surface area contributed by atoms with Crippen molar-refractivity contribution < 1.29 is 4.42 Å². The van der Waals surface area contributed by atoms with E-state index in [9.17, 15) is 4.79 Å². The Morgan fingerprint density at radius 3 is 2.81 bits per heavy atom. The number of fused-ring (bicyclic) bond motifs is 1. The summed E-state index contributed by atoms with van der Waals surface area (Å²) in [6, 6.07) is 7.52. The van der Waals surface area contributed by atoms with Crippen LogP contribution in [0.5, 0.6) is 0 Å². The quantitative estimate of drug-likeness (QED) is 0.783. The molecule has 0 saturated heterocycles. The van der Waals surface area contributed by atoms with Crippen molar-refractivity contribution in [3.8, 4) is 0 Å². The van der Waals surface area contributed by atoms with Gasteiger partial charge < -0.3 is 9.73 Å². The SMILES string of the molecule is C/C=C/c1cc2ccc(NC)cc2oc1=O. The molecule has 16 heavy (non-hydrogen) atoms. The zero-order valence-electron chi connectivity index (χ0n) is 9.28. The summed E-state index contributed by atoms with van der Waals surface area (Å²) < 4.78 is 5.24. The Morgan fingerprint density at radius 2 is 2.12 bits per heavy atom. The van der Waals surface area contributed by atoms with Gasteiger partial charge in [0.25, 0.3) is 0 Å². The lowest BCUT2D eigenvalue weighted by atomic mass is 10.1. The first-order valence-corrected chi connectivity index (χ1v) is 5.13. The van der Waals surface area contributed by atoms with Crippen molar-refractivity contribution in [2.75, 3.05) is 12.4 Å². The molecule has 0 aliphatic rings. The number of hydrogen-bond donors (Lipinski definition) is 1. The second-order valence-corrected chi connectivity index (χ2v) is 3.49. The van der Waals surface area contributed by atoms with Crippen LogP contribution in [0, 0.1) is 0 Å². The maximum absolute atomic E-state index is 11.6. The third-order valence-electron chi connectivity index (χ3n) is 2.40. The van der Waals surface area contributed by atoms with E-state index in [2.05, 4.69) is 5.32 Å². The molecule has 0 aliphatic carbocycles. The third-order valence-corrected chi connectivity index (χ3v) is 2.40. The molecule has 1 aromatic carbocycles. The molecular weight excluding hydrogens is 202 g/mol. The zero-order chi connectivity index (χ0) is 11.5. The van der Waals surface area contributed by atoms with E-state index in [-0.39, 0.29) is 5.63 Å². The number of allylic oxidation sites excluding steroid dienone is 1. The molecule has 0 aliphatic heterocycles. The highest BCUT2D eigenvalue weighted by molar-refractivity contribution is 5.82. The van der Waals surface area contributed by atoms with Crippen LogP contribution >= 0.6 is 0 Å². The minimum absolute atomic E-state index is 0.307. The fourth-order valence-electron chi connectivity index (χ4n) is 1.58. The Labute approximate surface area is 93.4 Å². The van der Waals surface area contributed by atoms with Gasteiger partial charge in [-0.2, -0.15) is 0 Å². The number of anilines is 1. The average Bonchev–Trinajstić information content (AvgIpc) is 2.30. The van der Waals surface area contributed by atoms with Crippen molar-refractivity contribution in [2.24, 2.45) is 0 Å². The van der Waals surface area contributed by atoms with Crippen LogP contribution in [0.3, 0.4) is 0 Å². The summed E-state index contributed by atoms with van der Waals surface area (Å²) in [5.74, 6) is 0. The van der Waals surface area contributed by atoms with Crippen LogP contribution in [-0.2, 0) is 0 Å². The number of nitrogens with one attached hydrogen (secondary N) is 1. The average molecular weight is 215 g/mol.